The predicted molar refractivity (Wildman–Crippen MR) is 169 cm³/mol. The molecule has 0 fully saturated rings. The summed E-state index contributed by atoms with van der Waals surface area (Å²) in [7, 11) is 0. The molecular formula is C39H30. The van der Waals surface area contributed by atoms with Crippen molar-refractivity contribution in [2.24, 2.45) is 0 Å². The molecule has 0 saturated heterocycles. The normalized spacial score (nSPS) is 16.9. The van der Waals surface area contributed by atoms with Crippen LogP contribution in [0, 0.1) is 0 Å². The van der Waals surface area contributed by atoms with Crippen LogP contribution in [0.5, 0.6) is 0 Å². The average Bonchev–Trinajstić information content (AvgIpc) is 3.26. The highest BCUT2D eigenvalue weighted by Gasteiger charge is 2.28. The van der Waals surface area contributed by atoms with Crippen LogP contribution in [0.4, 0.5) is 0 Å². The van der Waals surface area contributed by atoms with Crippen molar-refractivity contribution in [2.45, 2.75) is 32.1 Å². The Balaban J connectivity index is 1.62. The maximum absolute atomic E-state index is 2.55. The summed E-state index contributed by atoms with van der Waals surface area (Å²) in [5, 5.41) is 10.6. The molecule has 0 aromatic heterocycles. The van der Waals surface area contributed by atoms with Crippen LogP contribution in [0.15, 0.2) is 121 Å². The Kier molecular flexibility index (Phi) is 4.94. The van der Waals surface area contributed by atoms with E-state index >= 15 is 0 Å². The molecule has 1 aliphatic carbocycles. The quantitative estimate of drug-likeness (QED) is 0.208. The number of fused-ring (bicyclic) bond motifs is 5. The van der Waals surface area contributed by atoms with Gasteiger partial charge >= 0.3 is 0 Å². The molecule has 0 saturated carbocycles. The van der Waals surface area contributed by atoms with E-state index in [0.29, 0.717) is 11.8 Å². The van der Waals surface area contributed by atoms with E-state index in [9.17, 15) is 0 Å². The maximum Gasteiger partial charge on any atom is -0.00200 e. The minimum absolute atomic E-state index is 0.576. The fourth-order valence-corrected chi connectivity index (χ4v) is 7.36. The van der Waals surface area contributed by atoms with Gasteiger partial charge in [-0.1, -0.05) is 123 Å². The molecule has 2 unspecified atom stereocenters. The lowest BCUT2D eigenvalue weighted by atomic mass is 9.82. The van der Waals surface area contributed by atoms with E-state index in [-0.39, 0.29) is 0 Å². The first kappa shape index (κ1) is 22.6. The zero-order chi connectivity index (χ0) is 26.1. The van der Waals surface area contributed by atoms with Crippen molar-refractivity contribution in [2.75, 3.05) is 0 Å². The van der Waals surface area contributed by atoms with E-state index < -0.39 is 0 Å². The highest BCUT2D eigenvalue weighted by atomic mass is 14.3. The minimum atomic E-state index is 0.576. The minimum Gasteiger partial charge on any atom is -0.0616 e. The second-order valence-electron chi connectivity index (χ2n) is 11.4. The van der Waals surface area contributed by atoms with Gasteiger partial charge in [-0.05, 0) is 107 Å². The van der Waals surface area contributed by atoms with Gasteiger partial charge in [-0.15, -0.1) is 0 Å². The van der Waals surface area contributed by atoms with Gasteiger partial charge in [0.25, 0.3) is 0 Å². The molecule has 0 N–H and O–H groups in total. The second kappa shape index (κ2) is 8.55. The first-order chi connectivity index (χ1) is 19.2. The molecule has 2 atom stereocenters. The second-order valence-corrected chi connectivity index (χ2v) is 11.4. The van der Waals surface area contributed by atoms with Gasteiger partial charge in [0, 0.05) is 0 Å². The predicted octanol–water partition coefficient (Wildman–Crippen LogP) is 11.2. The van der Waals surface area contributed by atoms with Gasteiger partial charge < -0.3 is 0 Å². The van der Waals surface area contributed by atoms with Crippen molar-refractivity contribution in [3.8, 4) is 22.3 Å². The Hall–Kier alpha value is -4.42. The Morgan fingerprint density at radius 1 is 0.410 bits per heavy atom. The van der Waals surface area contributed by atoms with Gasteiger partial charge in [0.1, 0.15) is 0 Å². The molecule has 0 heterocycles. The van der Waals surface area contributed by atoms with Crippen LogP contribution in [0.25, 0.3) is 65.3 Å². The summed E-state index contributed by atoms with van der Waals surface area (Å²) in [4.78, 5) is 0. The maximum atomic E-state index is 2.55. The van der Waals surface area contributed by atoms with E-state index in [1.807, 2.05) is 0 Å². The number of hydrogen-bond donors (Lipinski definition) is 0. The van der Waals surface area contributed by atoms with Gasteiger partial charge in [-0.2, -0.15) is 0 Å². The van der Waals surface area contributed by atoms with Crippen molar-refractivity contribution in [1.29, 1.82) is 0 Å². The van der Waals surface area contributed by atoms with E-state index in [1.54, 1.807) is 0 Å². The molecule has 0 bridgehead atoms. The van der Waals surface area contributed by atoms with Crippen molar-refractivity contribution in [3.63, 3.8) is 0 Å². The summed E-state index contributed by atoms with van der Waals surface area (Å²) in [5.41, 5.74) is 8.40. The van der Waals surface area contributed by atoms with Crippen molar-refractivity contribution in [1.82, 2.24) is 0 Å². The first-order valence-electron chi connectivity index (χ1n) is 14.2. The van der Waals surface area contributed by atoms with Crippen LogP contribution in [-0.2, 0) is 0 Å². The third-order valence-electron chi connectivity index (χ3n) is 9.11. The Labute approximate surface area is 229 Å². The fraction of sp³-hybridized carbons (Fsp3) is 0.128. The lowest BCUT2D eigenvalue weighted by molar-refractivity contribution is 0.661. The Bertz CT molecular complexity index is 1920. The summed E-state index contributed by atoms with van der Waals surface area (Å²) >= 11 is 0. The van der Waals surface area contributed by atoms with Crippen LogP contribution in [0.3, 0.4) is 0 Å². The van der Waals surface area contributed by atoms with E-state index in [4.69, 9.17) is 0 Å². The molecule has 0 nitrogen and oxygen atoms in total. The topological polar surface area (TPSA) is 0 Å². The number of rotatable bonds is 2. The van der Waals surface area contributed by atoms with Crippen LogP contribution in [0.1, 0.15) is 43.2 Å². The molecular weight excluding hydrogens is 468 g/mol. The first-order valence-corrected chi connectivity index (χ1v) is 14.2. The fourth-order valence-electron chi connectivity index (χ4n) is 7.36. The molecule has 0 heteroatoms. The number of hydrogen-bond acceptors (Lipinski definition) is 0. The van der Waals surface area contributed by atoms with Crippen LogP contribution >= 0.6 is 0 Å². The molecule has 7 aromatic rings. The highest BCUT2D eigenvalue weighted by Crippen LogP contribution is 2.50. The molecule has 186 valence electrons. The van der Waals surface area contributed by atoms with Gasteiger partial charge in [-0.3, -0.25) is 0 Å². The molecule has 0 spiro atoms. The van der Waals surface area contributed by atoms with Crippen molar-refractivity contribution < 1.29 is 0 Å². The standard InChI is InChI=1S/C39H30/c1-24-21-25(2)35-23-37-36(22-34(24)35)38(30-19-9-13-26-11-3-5-15-28(26)30)32-17-7-8-18-33(32)39(37)31-20-10-14-27-12-4-6-16-29(27)31/h3-20,22-25H,21H2,1-2H3. The van der Waals surface area contributed by atoms with Gasteiger partial charge in [0.15, 0.2) is 0 Å². The Morgan fingerprint density at radius 2 is 0.795 bits per heavy atom. The van der Waals surface area contributed by atoms with Crippen molar-refractivity contribution >= 4 is 43.1 Å². The zero-order valence-electron chi connectivity index (χ0n) is 22.4. The SMILES string of the molecule is CC1CC(C)c2cc3c(-c4cccc5ccccc45)c4ccccc4c(-c4cccc5ccccc45)c3cc21. The van der Waals surface area contributed by atoms with Crippen LogP contribution in [-0.4, -0.2) is 0 Å². The summed E-state index contributed by atoms with van der Waals surface area (Å²) in [6, 6.07) is 45.4. The average molecular weight is 499 g/mol. The van der Waals surface area contributed by atoms with Gasteiger partial charge in [-0.25, -0.2) is 0 Å². The van der Waals surface area contributed by atoms with Gasteiger partial charge in [0.05, 0.1) is 0 Å². The monoisotopic (exact) mass is 498 g/mol. The summed E-state index contributed by atoms with van der Waals surface area (Å²) in [6.45, 7) is 4.80. The van der Waals surface area contributed by atoms with E-state index in [0.717, 1.165) is 0 Å². The lowest BCUT2D eigenvalue weighted by Gasteiger charge is -2.21. The number of benzene rings is 7. The summed E-state index contributed by atoms with van der Waals surface area (Å²) < 4.78 is 0. The van der Waals surface area contributed by atoms with E-state index in [1.165, 1.54) is 82.9 Å². The van der Waals surface area contributed by atoms with Gasteiger partial charge in [0.2, 0.25) is 0 Å². The smallest absolute Gasteiger partial charge is 0.00200 e. The molecule has 0 amide bonds. The highest BCUT2D eigenvalue weighted by molar-refractivity contribution is 6.25. The summed E-state index contributed by atoms with van der Waals surface area (Å²) in [5.74, 6) is 1.15. The van der Waals surface area contributed by atoms with Crippen molar-refractivity contribution in [3.05, 3.63) is 132 Å². The largest absolute Gasteiger partial charge is 0.0616 e. The third-order valence-corrected chi connectivity index (χ3v) is 9.11. The molecule has 39 heavy (non-hydrogen) atoms. The molecule has 1 aliphatic rings. The molecule has 7 aromatic carbocycles. The van der Waals surface area contributed by atoms with Crippen LogP contribution in [0.2, 0.25) is 0 Å². The van der Waals surface area contributed by atoms with Crippen LogP contribution < -0.4 is 0 Å². The Morgan fingerprint density at radius 3 is 1.26 bits per heavy atom. The van der Waals surface area contributed by atoms with E-state index in [2.05, 4.69) is 135 Å². The third kappa shape index (κ3) is 3.31. The zero-order valence-corrected chi connectivity index (χ0v) is 22.4. The molecule has 0 radical (unpaired) electrons. The summed E-state index contributed by atoms with van der Waals surface area (Å²) in [6.07, 6.45) is 1.22. The lowest BCUT2D eigenvalue weighted by Crippen LogP contribution is -1.95. The molecule has 0 aliphatic heterocycles. The molecule has 8 rings (SSSR count).